The SMILES string of the molecule is COCCNC(=O)CCn1c(CCl)nc2cccc(Cl)c21. The largest absolute Gasteiger partial charge is 0.383 e. The number of fused-ring (bicyclic) bond motifs is 1. The van der Waals surface area contributed by atoms with Crippen molar-refractivity contribution in [3.05, 3.63) is 29.0 Å². The number of carbonyl (C=O) groups excluding carboxylic acids is 1. The number of hydrogen-bond acceptors (Lipinski definition) is 3. The van der Waals surface area contributed by atoms with Crippen LogP contribution in [0, 0.1) is 0 Å². The van der Waals surface area contributed by atoms with E-state index in [0.29, 0.717) is 37.0 Å². The summed E-state index contributed by atoms with van der Waals surface area (Å²) in [6.45, 7) is 1.49. The molecule has 0 aliphatic rings. The number of alkyl halides is 1. The predicted octanol–water partition coefficient (Wildman–Crippen LogP) is 2.58. The van der Waals surface area contributed by atoms with Gasteiger partial charge in [-0.25, -0.2) is 4.98 Å². The molecule has 0 saturated heterocycles. The van der Waals surface area contributed by atoms with Crippen LogP contribution >= 0.6 is 23.2 Å². The molecule has 0 radical (unpaired) electrons. The molecule has 2 aromatic rings. The number of para-hydroxylation sites is 1. The van der Waals surface area contributed by atoms with Crippen LogP contribution in [0.15, 0.2) is 18.2 Å². The van der Waals surface area contributed by atoms with E-state index in [4.69, 9.17) is 27.9 Å². The Morgan fingerprint density at radius 2 is 2.29 bits per heavy atom. The molecule has 1 aromatic carbocycles. The Balaban J connectivity index is 2.12. The molecule has 0 atom stereocenters. The summed E-state index contributed by atoms with van der Waals surface area (Å²) in [7, 11) is 1.60. The second kappa shape index (κ2) is 7.64. The summed E-state index contributed by atoms with van der Waals surface area (Å²) in [5, 5.41) is 3.39. The second-order valence-electron chi connectivity index (χ2n) is 4.51. The minimum atomic E-state index is -0.0403. The Hall–Kier alpha value is -1.30. The van der Waals surface area contributed by atoms with Crippen molar-refractivity contribution in [2.45, 2.75) is 18.8 Å². The first-order valence-corrected chi connectivity index (χ1v) is 7.54. The van der Waals surface area contributed by atoms with Gasteiger partial charge in [0, 0.05) is 26.6 Å². The van der Waals surface area contributed by atoms with Crippen LogP contribution < -0.4 is 5.32 Å². The number of amides is 1. The first-order chi connectivity index (χ1) is 10.2. The summed E-state index contributed by atoms with van der Waals surface area (Å²) in [6, 6.07) is 5.53. The highest BCUT2D eigenvalue weighted by atomic mass is 35.5. The predicted molar refractivity (Wildman–Crippen MR) is 83.8 cm³/mol. The van der Waals surface area contributed by atoms with E-state index < -0.39 is 0 Å². The molecule has 114 valence electrons. The van der Waals surface area contributed by atoms with Gasteiger partial charge < -0.3 is 14.6 Å². The number of aromatic nitrogens is 2. The number of aryl methyl sites for hydroxylation is 1. The zero-order valence-corrected chi connectivity index (χ0v) is 13.2. The highest BCUT2D eigenvalue weighted by molar-refractivity contribution is 6.35. The van der Waals surface area contributed by atoms with E-state index in [1.54, 1.807) is 13.2 Å². The molecule has 0 bridgehead atoms. The highest BCUT2D eigenvalue weighted by Crippen LogP contribution is 2.25. The van der Waals surface area contributed by atoms with Gasteiger partial charge in [0.05, 0.1) is 28.5 Å². The first kappa shape index (κ1) is 16.1. The zero-order valence-electron chi connectivity index (χ0n) is 11.7. The minimum Gasteiger partial charge on any atom is -0.383 e. The maximum atomic E-state index is 11.8. The normalized spacial score (nSPS) is 11.0. The molecular formula is C14H17Cl2N3O2. The van der Waals surface area contributed by atoms with Crippen LogP contribution in [-0.2, 0) is 22.0 Å². The third-order valence-electron chi connectivity index (χ3n) is 3.11. The quantitative estimate of drug-likeness (QED) is 0.627. The lowest BCUT2D eigenvalue weighted by Crippen LogP contribution is -2.27. The molecule has 21 heavy (non-hydrogen) atoms. The van der Waals surface area contributed by atoms with E-state index in [1.807, 2.05) is 16.7 Å². The summed E-state index contributed by atoms with van der Waals surface area (Å²) in [5.41, 5.74) is 1.61. The van der Waals surface area contributed by atoms with Crippen molar-refractivity contribution >= 4 is 40.1 Å². The van der Waals surface area contributed by atoms with E-state index >= 15 is 0 Å². The monoisotopic (exact) mass is 329 g/mol. The second-order valence-corrected chi connectivity index (χ2v) is 5.19. The van der Waals surface area contributed by atoms with Gasteiger partial charge in [-0.1, -0.05) is 17.7 Å². The molecule has 0 unspecified atom stereocenters. The molecule has 1 amide bonds. The van der Waals surface area contributed by atoms with E-state index in [-0.39, 0.29) is 11.8 Å². The Morgan fingerprint density at radius 3 is 3.00 bits per heavy atom. The Labute approximate surface area is 133 Å². The first-order valence-electron chi connectivity index (χ1n) is 6.62. The number of benzene rings is 1. The Kier molecular flexibility index (Phi) is 5.85. The van der Waals surface area contributed by atoms with Gasteiger partial charge >= 0.3 is 0 Å². The van der Waals surface area contributed by atoms with Gasteiger partial charge in [-0.2, -0.15) is 0 Å². The van der Waals surface area contributed by atoms with Gasteiger partial charge in [-0.15, -0.1) is 11.6 Å². The molecule has 7 heteroatoms. The fourth-order valence-corrected chi connectivity index (χ4v) is 2.60. The summed E-state index contributed by atoms with van der Waals surface area (Å²) in [4.78, 5) is 16.2. The Morgan fingerprint density at radius 1 is 1.48 bits per heavy atom. The van der Waals surface area contributed by atoms with Gasteiger partial charge in [0.1, 0.15) is 5.82 Å². The molecule has 1 heterocycles. The third kappa shape index (κ3) is 3.87. The molecule has 0 aliphatic heterocycles. The van der Waals surface area contributed by atoms with Crippen LogP contribution in [0.2, 0.25) is 5.02 Å². The number of rotatable bonds is 7. The number of hydrogen-bond donors (Lipinski definition) is 1. The van der Waals surface area contributed by atoms with Crippen molar-refractivity contribution in [2.24, 2.45) is 0 Å². The highest BCUT2D eigenvalue weighted by Gasteiger charge is 2.13. The number of halogens is 2. The number of nitrogens with one attached hydrogen (secondary N) is 1. The summed E-state index contributed by atoms with van der Waals surface area (Å²) in [5.74, 6) is 0.946. The lowest BCUT2D eigenvalue weighted by molar-refractivity contribution is -0.121. The third-order valence-corrected chi connectivity index (χ3v) is 3.65. The standard InChI is InChI=1S/C14H17Cl2N3O2/c1-21-8-6-17-13(20)5-7-19-12(9-15)18-11-4-2-3-10(16)14(11)19/h2-4H,5-9H2,1H3,(H,17,20). The molecular weight excluding hydrogens is 313 g/mol. The van der Waals surface area contributed by atoms with Crippen molar-refractivity contribution in [3.8, 4) is 0 Å². The van der Waals surface area contributed by atoms with Crippen molar-refractivity contribution in [1.82, 2.24) is 14.9 Å². The van der Waals surface area contributed by atoms with Crippen LogP contribution in [0.1, 0.15) is 12.2 Å². The summed E-state index contributed by atoms with van der Waals surface area (Å²) >= 11 is 12.2. The van der Waals surface area contributed by atoms with Crippen LogP contribution in [0.5, 0.6) is 0 Å². The van der Waals surface area contributed by atoms with Gasteiger partial charge in [0.2, 0.25) is 5.91 Å². The minimum absolute atomic E-state index is 0.0403. The fourth-order valence-electron chi connectivity index (χ4n) is 2.13. The number of imidazole rings is 1. The molecule has 1 N–H and O–H groups in total. The maximum absolute atomic E-state index is 11.8. The van der Waals surface area contributed by atoms with Crippen molar-refractivity contribution < 1.29 is 9.53 Å². The zero-order chi connectivity index (χ0) is 15.2. The number of ether oxygens (including phenoxy) is 1. The Bertz CT molecular complexity index is 628. The summed E-state index contributed by atoms with van der Waals surface area (Å²) < 4.78 is 6.79. The lowest BCUT2D eigenvalue weighted by Gasteiger charge is -2.09. The van der Waals surface area contributed by atoms with E-state index in [1.165, 1.54) is 0 Å². The molecule has 0 aliphatic carbocycles. The number of carbonyl (C=O) groups is 1. The molecule has 0 fully saturated rings. The molecule has 2 rings (SSSR count). The van der Waals surface area contributed by atoms with Gasteiger partial charge in [0.25, 0.3) is 0 Å². The molecule has 1 aromatic heterocycles. The van der Waals surface area contributed by atoms with Gasteiger partial charge in [0.15, 0.2) is 0 Å². The smallest absolute Gasteiger partial charge is 0.221 e. The van der Waals surface area contributed by atoms with Crippen molar-refractivity contribution in [3.63, 3.8) is 0 Å². The molecule has 0 spiro atoms. The maximum Gasteiger partial charge on any atom is 0.221 e. The average molecular weight is 330 g/mol. The van der Waals surface area contributed by atoms with Crippen LogP contribution in [0.4, 0.5) is 0 Å². The van der Waals surface area contributed by atoms with Crippen molar-refractivity contribution in [2.75, 3.05) is 20.3 Å². The van der Waals surface area contributed by atoms with E-state index in [2.05, 4.69) is 10.3 Å². The van der Waals surface area contributed by atoms with Crippen LogP contribution in [-0.4, -0.2) is 35.7 Å². The number of nitrogens with zero attached hydrogens (tertiary/aromatic N) is 2. The molecule has 0 saturated carbocycles. The van der Waals surface area contributed by atoms with Crippen LogP contribution in [0.25, 0.3) is 11.0 Å². The van der Waals surface area contributed by atoms with Crippen molar-refractivity contribution in [1.29, 1.82) is 0 Å². The van der Waals surface area contributed by atoms with Crippen LogP contribution in [0.3, 0.4) is 0 Å². The topological polar surface area (TPSA) is 56.1 Å². The van der Waals surface area contributed by atoms with E-state index in [0.717, 1.165) is 11.0 Å². The van der Waals surface area contributed by atoms with E-state index in [9.17, 15) is 4.79 Å². The lowest BCUT2D eigenvalue weighted by atomic mass is 10.3. The summed E-state index contributed by atoms with van der Waals surface area (Å²) in [6.07, 6.45) is 0.338. The average Bonchev–Trinajstić information content (AvgIpc) is 2.84. The van der Waals surface area contributed by atoms with Gasteiger partial charge in [-0.05, 0) is 12.1 Å². The number of methoxy groups -OCH3 is 1. The fraction of sp³-hybridized carbons (Fsp3) is 0.429. The van der Waals surface area contributed by atoms with Gasteiger partial charge in [-0.3, -0.25) is 4.79 Å². The molecule has 5 nitrogen and oxygen atoms in total.